The zero-order chi connectivity index (χ0) is 22.6. The molecule has 1 fully saturated rings. The van der Waals surface area contributed by atoms with E-state index in [1.165, 1.54) is 28.8 Å². The van der Waals surface area contributed by atoms with Crippen molar-refractivity contribution in [1.82, 2.24) is 9.62 Å². The number of hydrogen-bond donors (Lipinski definition) is 1. The maximum Gasteiger partial charge on any atom is 0.313 e. The summed E-state index contributed by atoms with van der Waals surface area (Å²) in [5.74, 6) is 0.353. The molecule has 2 aromatic rings. The van der Waals surface area contributed by atoms with Crippen LogP contribution in [0.25, 0.3) is 0 Å². The Morgan fingerprint density at radius 1 is 1.23 bits per heavy atom. The molecule has 1 aliphatic heterocycles. The molecule has 0 unspecified atom stereocenters. The molecule has 2 aromatic carbocycles. The van der Waals surface area contributed by atoms with Crippen LogP contribution in [0.15, 0.2) is 42.5 Å². The number of hydrogen-bond acceptors (Lipinski definition) is 6. The maximum absolute atomic E-state index is 12.4. The summed E-state index contributed by atoms with van der Waals surface area (Å²) < 4.78 is 30.1. The number of benzene rings is 2. The van der Waals surface area contributed by atoms with Gasteiger partial charge in [0.1, 0.15) is 5.75 Å². The van der Waals surface area contributed by atoms with Gasteiger partial charge in [-0.15, -0.1) is 0 Å². The van der Waals surface area contributed by atoms with E-state index in [-0.39, 0.29) is 28.3 Å². The van der Waals surface area contributed by atoms with Crippen LogP contribution in [0, 0.1) is 16.0 Å². The topological polar surface area (TPSA) is 119 Å². The molecule has 0 aromatic heterocycles. The molecule has 0 spiro atoms. The van der Waals surface area contributed by atoms with Crippen molar-refractivity contribution in [1.29, 1.82) is 0 Å². The number of amides is 1. The molecule has 31 heavy (non-hydrogen) atoms. The summed E-state index contributed by atoms with van der Waals surface area (Å²) in [5.41, 5.74) is 0.169. The number of ether oxygens (including phenoxy) is 1. The lowest BCUT2D eigenvalue weighted by Gasteiger charge is -2.30. The van der Waals surface area contributed by atoms with Gasteiger partial charge in [0, 0.05) is 36.3 Å². The van der Waals surface area contributed by atoms with Crippen LogP contribution in [0.4, 0.5) is 5.69 Å². The first-order valence-corrected chi connectivity index (χ1v) is 11.8. The summed E-state index contributed by atoms with van der Waals surface area (Å²) in [6, 6.07) is 10.4. The number of rotatable bonds is 7. The number of nitrogens with one attached hydrogen (secondary N) is 1. The molecule has 0 aliphatic carbocycles. The van der Waals surface area contributed by atoms with Crippen molar-refractivity contribution in [2.45, 2.75) is 12.8 Å². The van der Waals surface area contributed by atoms with Crippen LogP contribution in [-0.2, 0) is 10.0 Å². The van der Waals surface area contributed by atoms with E-state index in [0.29, 0.717) is 43.8 Å². The number of nitrogens with zero attached hydrogens (tertiary/aromatic N) is 2. The second-order valence-electron chi connectivity index (χ2n) is 7.31. The molecular weight excluding hydrogens is 446 g/mol. The largest absolute Gasteiger partial charge is 0.450 e. The van der Waals surface area contributed by atoms with Crippen molar-refractivity contribution >= 4 is 33.2 Å². The fraction of sp³-hybridized carbons (Fsp3) is 0.350. The number of halogens is 1. The molecule has 1 amide bonds. The Labute approximate surface area is 185 Å². The third kappa shape index (κ3) is 6.16. The zero-order valence-corrected chi connectivity index (χ0v) is 18.4. The highest BCUT2D eigenvalue weighted by Crippen LogP contribution is 2.33. The number of carbonyl (C=O) groups is 1. The lowest BCUT2D eigenvalue weighted by Crippen LogP contribution is -2.41. The molecule has 1 heterocycles. The zero-order valence-electron chi connectivity index (χ0n) is 16.8. The third-order valence-electron chi connectivity index (χ3n) is 5.06. The first kappa shape index (κ1) is 23.0. The van der Waals surface area contributed by atoms with Gasteiger partial charge in [0.25, 0.3) is 5.91 Å². The Bertz CT molecular complexity index is 1070. The Hall–Kier alpha value is -2.69. The van der Waals surface area contributed by atoms with Gasteiger partial charge in [0.05, 0.1) is 11.2 Å². The van der Waals surface area contributed by atoms with Gasteiger partial charge in [0.2, 0.25) is 15.8 Å². The number of nitro benzene ring substituents is 1. The summed E-state index contributed by atoms with van der Waals surface area (Å²) in [5, 5.41) is 14.3. The minimum Gasteiger partial charge on any atom is -0.450 e. The highest BCUT2D eigenvalue weighted by molar-refractivity contribution is 7.88. The van der Waals surface area contributed by atoms with E-state index in [4.69, 9.17) is 16.3 Å². The van der Waals surface area contributed by atoms with Gasteiger partial charge >= 0.3 is 5.69 Å². The van der Waals surface area contributed by atoms with E-state index in [9.17, 15) is 23.3 Å². The number of sulfonamides is 1. The SMILES string of the molecule is CS(=O)(=O)N1CCC(CNC(=O)c2ccc(Oc3ccc(Cl)cc3[N+](=O)[O-])cc2)CC1. The van der Waals surface area contributed by atoms with Gasteiger partial charge in [-0.3, -0.25) is 14.9 Å². The van der Waals surface area contributed by atoms with Crippen molar-refractivity contribution in [2.24, 2.45) is 5.92 Å². The molecular formula is C20H22ClN3O6S. The van der Waals surface area contributed by atoms with Crippen LogP contribution in [0.3, 0.4) is 0 Å². The van der Waals surface area contributed by atoms with E-state index in [2.05, 4.69) is 5.32 Å². The summed E-state index contributed by atoms with van der Waals surface area (Å²) in [4.78, 5) is 23.0. The van der Waals surface area contributed by atoms with E-state index in [1.807, 2.05) is 0 Å². The maximum atomic E-state index is 12.4. The molecule has 1 N–H and O–H groups in total. The average molecular weight is 468 g/mol. The molecule has 1 aliphatic rings. The Morgan fingerprint density at radius 2 is 1.87 bits per heavy atom. The van der Waals surface area contributed by atoms with Crippen LogP contribution in [0.5, 0.6) is 11.5 Å². The van der Waals surface area contributed by atoms with Crippen molar-refractivity contribution < 1.29 is 22.9 Å². The van der Waals surface area contributed by atoms with Crippen LogP contribution in [-0.4, -0.2) is 49.4 Å². The first-order chi connectivity index (χ1) is 14.6. The molecule has 0 radical (unpaired) electrons. The van der Waals surface area contributed by atoms with Crippen LogP contribution < -0.4 is 10.1 Å². The van der Waals surface area contributed by atoms with Crippen molar-refractivity contribution in [3.05, 3.63) is 63.2 Å². The monoisotopic (exact) mass is 467 g/mol. The highest BCUT2D eigenvalue weighted by Gasteiger charge is 2.25. The fourth-order valence-corrected chi connectivity index (χ4v) is 4.35. The summed E-state index contributed by atoms with van der Waals surface area (Å²) in [7, 11) is -3.17. The number of carbonyl (C=O) groups excluding carboxylic acids is 1. The quantitative estimate of drug-likeness (QED) is 0.492. The van der Waals surface area contributed by atoms with E-state index in [1.54, 1.807) is 24.3 Å². The Morgan fingerprint density at radius 3 is 2.45 bits per heavy atom. The van der Waals surface area contributed by atoms with Crippen molar-refractivity contribution in [2.75, 3.05) is 25.9 Å². The van der Waals surface area contributed by atoms with E-state index in [0.717, 1.165) is 0 Å². The molecule has 0 atom stereocenters. The summed E-state index contributed by atoms with van der Waals surface area (Å²) in [6.45, 7) is 1.39. The van der Waals surface area contributed by atoms with Gasteiger partial charge < -0.3 is 10.1 Å². The molecule has 9 nitrogen and oxygen atoms in total. The third-order valence-corrected chi connectivity index (χ3v) is 6.59. The minimum absolute atomic E-state index is 0.0482. The first-order valence-electron chi connectivity index (χ1n) is 9.58. The lowest BCUT2D eigenvalue weighted by molar-refractivity contribution is -0.385. The normalized spacial score (nSPS) is 15.4. The second kappa shape index (κ2) is 9.63. The lowest BCUT2D eigenvalue weighted by atomic mass is 9.98. The molecule has 166 valence electrons. The Balaban J connectivity index is 1.55. The fourth-order valence-electron chi connectivity index (χ4n) is 3.30. The van der Waals surface area contributed by atoms with Gasteiger partial charge in [-0.1, -0.05) is 11.6 Å². The molecule has 1 saturated heterocycles. The van der Waals surface area contributed by atoms with Gasteiger partial charge in [-0.2, -0.15) is 0 Å². The summed E-state index contributed by atoms with van der Waals surface area (Å²) in [6.07, 6.45) is 2.59. The second-order valence-corrected chi connectivity index (χ2v) is 9.73. The smallest absolute Gasteiger partial charge is 0.313 e. The van der Waals surface area contributed by atoms with Crippen molar-refractivity contribution in [3.63, 3.8) is 0 Å². The molecule has 3 rings (SSSR count). The predicted octanol–water partition coefficient (Wildman–Crippen LogP) is 3.44. The van der Waals surface area contributed by atoms with Crippen LogP contribution in [0.2, 0.25) is 5.02 Å². The summed E-state index contributed by atoms with van der Waals surface area (Å²) >= 11 is 5.80. The molecule has 0 saturated carbocycles. The number of piperidine rings is 1. The Kier molecular flexibility index (Phi) is 7.14. The van der Waals surface area contributed by atoms with Gasteiger partial charge in [-0.05, 0) is 55.2 Å². The van der Waals surface area contributed by atoms with E-state index < -0.39 is 14.9 Å². The van der Waals surface area contributed by atoms with Gasteiger partial charge in [0.15, 0.2) is 0 Å². The van der Waals surface area contributed by atoms with Gasteiger partial charge in [-0.25, -0.2) is 12.7 Å². The average Bonchev–Trinajstić information content (AvgIpc) is 2.73. The molecule has 0 bridgehead atoms. The minimum atomic E-state index is -3.17. The number of nitro groups is 1. The predicted molar refractivity (Wildman–Crippen MR) is 116 cm³/mol. The van der Waals surface area contributed by atoms with E-state index >= 15 is 0 Å². The van der Waals surface area contributed by atoms with Crippen LogP contribution >= 0.6 is 11.6 Å². The highest BCUT2D eigenvalue weighted by atomic mass is 35.5. The standard InChI is InChI=1S/C20H22ClN3O6S/c1-31(28,29)23-10-8-14(9-11-23)13-22-20(25)15-2-5-17(6-3-15)30-19-7-4-16(21)12-18(19)24(26)27/h2-7,12,14H,8-11,13H2,1H3,(H,22,25). The molecule has 11 heteroatoms. The van der Waals surface area contributed by atoms with Crippen LogP contribution in [0.1, 0.15) is 23.2 Å². The van der Waals surface area contributed by atoms with Crippen molar-refractivity contribution in [3.8, 4) is 11.5 Å².